The minimum Gasteiger partial charge on any atom is -0.496 e. The van der Waals surface area contributed by atoms with Gasteiger partial charge in [-0.05, 0) is 48.7 Å². The molecular formula is C17H17FO2. The van der Waals surface area contributed by atoms with Crippen LogP contribution in [0, 0.1) is 19.7 Å². The Balaban J connectivity index is 2.26. The maximum Gasteiger partial charge on any atom is 0.167 e. The molecule has 2 aromatic rings. The third kappa shape index (κ3) is 3.05. The fraction of sp³-hybridized carbons (Fsp3) is 0.235. The normalized spacial score (nSPS) is 10.4. The van der Waals surface area contributed by atoms with Gasteiger partial charge in [0.05, 0.1) is 7.11 Å². The van der Waals surface area contributed by atoms with Crippen LogP contribution in [-0.4, -0.2) is 12.9 Å². The van der Waals surface area contributed by atoms with Gasteiger partial charge in [-0.15, -0.1) is 0 Å². The molecule has 0 amide bonds. The topological polar surface area (TPSA) is 26.3 Å². The second-order valence-corrected chi connectivity index (χ2v) is 4.86. The highest BCUT2D eigenvalue weighted by Gasteiger charge is 2.11. The maximum absolute atomic E-state index is 13.2. The van der Waals surface area contributed by atoms with Crippen molar-refractivity contribution in [1.82, 2.24) is 0 Å². The summed E-state index contributed by atoms with van der Waals surface area (Å²) in [6.07, 6.45) is 0.190. The molecule has 0 atom stereocenters. The number of benzene rings is 2. The van der Waals surface area contributed by atoms with Crippen LogP contribution in [0.2, 0.25) is 0 Å². The SMILES string of the molecule is COc1cc(C(=O)Cc2cc(F)ccc2C)ccc1C. The molecule has 0 aliphatic rings. The van der Waals surface area contributed by atoms with E-state index in [0.29, 0.717) is 11.3 Å². The number of carbonyl (C=O) groups excluding carboxylic acids is 1. The van der Waals surface area contributed by atoms with Crippen LogP contribution in [0.1, 0.15) is 27.0 Å². The minimum absolute atomic E-state index is 0.0444. The van der Waals surface area contributed by atoms with Crippen LogP contribution in [0.25, 0.3) is 0 Å². The Labute approximate surface area is 118 Å². The predicted molar refractivity (Wildman–Crippen MR) is 76.9 cm³/mol. The third-order valence-corrected chi connectivity index (χ3v) is 3.39. The van der Waals surface area contributed by atoms with Gasteiger partial charge in [-0.25, -0.2) is 4.39 Å². The zero-order valence-corrected chi connectivity index (χ0v) is 11.9. The quantitative estimate of drug-likeness (QED) is 0.790. The zero-order valence-electron chi connectivity index (χ0n) is 11.9. The van der Waals surface area contributed by atoms with Gasteiger partial charge >= 0.3 is 0 Å². The number of Topliss-reactive ketones (excluding diaryl/α,β-unsaturated/α-hetero) is 1. The number of methoxy groups -OCH3 is 1. The molecule has 0 heterocycles. The van der Waals surface area contributed by atoms with Crippen molar-refractivity contribution in [2.45, 2.75) is 20.3 Å². The number of hydrogen-bond acceptors (Lipinski definition) is 2. The Morgan fingerprint density at radius 2 is 1.80 bits per heavy atom. The summed E-state index contributed by atoms with van der Waals surface area (Å²) in [5, 5.41) is 0. The van der Waals surface area contributed by atoms with Gasteiger partial charge in [-0.2, -0.15) is 0 Å². The third-order valence-electron chi connectivity index (χ3n) is 3.39. The summed E-state index contributed by atoms with van der Waals surface area (Å²) in [4.78, 5) is 12.3. The maximum atomic E-state index is 13.2. The van der Waals surface area contributed by atoms with Gasteiger partial charge in [-0.3, -0.25) is 4.79 Å². The molecule has 2 rings (SSSR count). The standard InChI is InChI=1S/C17H17FO2/c1-11-5-7-15(18)8-14(11)9-16(19)13-6-4-12(2)17(10-13)20-3/h4-8,10H,9H2,1-3H3. The van der Waals surface area contributed by atoms with Gasteiger partial charge in [0.15, 0.2) is 5.78 Å². The zero-order chi connectivity index (χ0) is 14.7. The van der Waals surface area contributed by atoms with Crippen molar-refractivity contribution in [2.75, 3.05) is 7.11 Å². The predicted octanol–water partition coefficient (Wildman–Crippen LogP) is 3.88. The number of aryl methyl sites for hydroxylation is 2. The largest absolute Gasteiger partial charge is 0.496 e. The first-order valence-corrected chi connectivity index (χ1v) is 6.44. The van der Waals surface area contributed by atoms with E-state index >= 15 is 0 Å². The number of rotatable bonds is 4. The Morgan fingerprint density at radius 1 is 1.10 bits per heavy atom. The van der Waals surface area contributed by atoms with Crippen molar-refractivity contribution in [3.05, 3.63) is 64.5 Å². The van der Waals surface area contributed by atoms with Crippen LogP contribution >= 0.6 is 0 Å². The molecule has 0 aliphatic carbocycles. The van der Waals surface area contributed by atoms with E-state index in [4.69, 9.17) is 4.74 Å². The molecule has 0 radical (unpaired) electrons. The summed E-state index contributed by atoms with van der Waals surface area (Å²) in [7, 11) is 1.58. The highest BCUT2D eigenvalue weighted by atomic mass is 19.1. The Bertz CT molecular complexity index is 647. The van der Waals surface area contributed by atoms with E-state index in [0.717, 1.165) is 16.7 Å². The van der Waals surface area contributed by atoms with Crippen LogP contribution in [-0.2, 0) is 6.42 Å². The average molecular weight is 272 g/mol. The summed E-state index contributed by atoms with van der Waals surface area (Å²) >= 11 is 0. The van der Waals surface area contributed by atoms with E-state index in [1.807, 2.05) is 19.9 Å². The van der Waals surface area contributed by atoms with Gasteiger partial charge in [0.2, 0.25) is 0 Å². The second kappa shape index (κ2) is 5.87. The second-order valence-electron chi connectivity index (χ2n) is 4.86. The number of ketones is 1. The molecule has 0 aromatic heterocycles. The molecule has 0 N–H and O–H groups in total. The van der Waals surface area contributed by atoms with Crippen molar-refractivity contribution < 1.29 is 13.9 Å². The smallest absolute Gasteiger partial charge is 0.167 e. The first-order valence-electron chi connectivity index (χ1n) is 6.44. The van der Waals surface area contributed by atoms with Gasteiger partial charge in [0, 0.05) is 12.0 Å². The fourth-order valence-electron chi connectivity index (χ4n) is 2.10. The van der Waals surface area contributed by atoms with E-state index in [1.165, 1.54) is 12.1 Å². The van der Waals surface area contributed by atoms with E-state index in [1.54, 1.807) is 25.3 Å². The van der Waals surface area contributed by atoms with Crippen molar-refractivity contribution in [3.8, 4) is 5.75 Å². The van der Waals surface area contributed by atoms with Crippen LogP contribution < -0.4 is 4.74 Å². The Hall–Kier alpha value is -2.16. The van der Waals surface area contributed by atoms with Crippen molar-refractivity contribution in [1.29, 1.82) is 0 Å². The number of carbonyl (C=O) groups is 1. The van der Waals surface area contributed by atoms with Crippen molar-refractivity contribution in [2.24, 2.45) is 0 Å². The lowest BCUT2D eigenvalue weighted by molar-refractivity contribution is 0.0992. The van der Waals surface area contributed by atoms with Crippen LogP contribution in [0.5, 0.6) is 5.75 Å². The summed E-state index contributed by atoms with van der Waals surface area (Å²) in [6.45, 7) is 3.79. The van der Waals surface area contributed by atoms with Crippen LogP contribution in [0.3, 0.4) is 0 Å². The van der Waals surface area contributed by atoms with Crippen LogP contribution in [0.15, 0.2) is 36.4 Å². The fourth-order valence-corrected chi connectivity index (χ4v) is 2.10. The molecule has 0 saturated carbocycles. The lowest BCUT2D eigenvalue weighted by Gasteiger charge is -2.08. The van der Waals surface area contributed by atoms with Crippen LogP contribution in [0.4, 0.5) is 4.39 Å². The number of hydrogen-bond donors (Lipinski definition) is 0. The van der Waals surface area contributed by atoms with Gasteiger partial charge in [-0.1, -0.05) is 18.2 Å². The minimum atomic E-state index is -0.320. The van der Waals surface area contributed by atoms with E-state index < -0.39 is 0 Å². The lowest BCUT2D eigenvalue weighted by atomic mass is 9.98. The van der Waals surface area contributed by atoms with Gasteiger partial charge < -0.3 is 4.74 Å². The van der Waals surface area contributed by atoms with Gasteiger partial charge in [0.25, 0.3) is 0 Å². The summed E-state index contributed by atoms with van der Waals surface area (Å²) in [5.74, 6) is 0.323. The van der Waals surface area contributed by atoms with E-state index in [9.17, 15) is 9.18 Å². The summed E-state index contributed by atoms with van der Waals surface area (Å²) < 4.78 is 18.5. The molecule has 3 heteroatoms. The Morgan fingerprint density at radius 3 is 2.50 bits per heavy atom. The molecule has 2 aromatic carbocycles. The molecular weight excluding hydrogens is 255 g/mol. The molecule has 0 saturated heterocycles. The Kier molecular flexibility index (Phi) is 4.18. The highest BCUT2D eigenvalue weighted by Crippen LogP contribution is 2.21. The van der Waals surface area contributed by atoms with Crippen molar-refractivity contribution >= 4 is 5.78 Å². The average Bonchev–Trinajstić information content (AvgIpc) is 2.43. The van der Waals surface area contributed by atoms with E-state index in [-0.39, 0.29) is 18.0 Å². The molecule has 104 valence electrons. The highest BCUT2D eigenvalue weighted by molar-refractivity contribution is 5.98. The molecule has 2 nitrogen and oxygen atoms in total. The molecule has 20 heavy (non-hydrogen) atoms. The lowest BCUT2D eigenvalue weighted by Crippen LogP contribution is -2.06. The molecule has 0 aliphatic heterocycles. The molecule has 0 unspecified atom stereocenters. The summed E-state index contributed by atoms with van der Waals surface area (Å²) in [5.41, 5.74) is 3.19. The number of ether oxygens (including phenoxy) is 1. The molecule has 0 fully saturated rings. The van der Waals surface area contributed by atoms with Gasteiger partial charge in [0.1, 0.15) is 11.6 Å². The molecule has 0 spiro atoms. The first kappa shape index (κ1) is 14.3. The van der Waals surface area contributed by atoms with Crippen molar-refractivity contribution in [3.63, 3.8) is 0 Å². The number of halogens is 1. The first-order chi connectivity index (χ1) is 9.51. The monoisotopic (exact) mass is 272 g/mol. The van der Waals surface area contributed by atoms with E-state index in [2.05, 4.69) is 0 Å². The summed E-state index contributed by atoms with van der Waals surface area (Å²) in [6, 6.07) is 9.86. The molecule has 0 bridgehead atoms.